The maximum Gasteiger partial charge on any atom is 0.115 e. The average molecular weight is 595 g/mol. The molecule has 220 valence electrons. The van der Waals surface area contributed by atoms with Crippen molar-refractivity contribution in [2.45, 2.75) is 27.7 Å². The fraction of sp³-hybridized carbons (Fsp3) is 0.100. The molecule has 0 bridgehead atoms. The van der Waals surface area contributed by atoms with Crippen LogP contribution in [-0.2, 0) is 0 Å². The van der Waals surface area contributed by atoms with Crippen molar-refractivity contribution in [1.29, 1.82) is 0 Å². The Kier molecular flexibility index (Phi) is 6.57. The molecule has 46 heavy (non-hydrogen) atoms. The van der Waals surface area contributed by atoms with E-state index in [0.717, 1.165) is 77.3 Å². The van der Waals surface area contributed by atoms with E-state index in [4.69, 9.17) is 9.97 Å². The molecule has 0 aliphatic heterocycles. The Bertz CT molecular complexity index is 2280. The number of aromatic nitrogens is 6. The Labute approximate surface area is 266 Å². The zero-order valence-corrected chi connectivity index (χ0v) is 26.1. The van der Waals surface area contributed by atoms with Crippen molar-refractivity contribution < 1.29 is 0 Å². The zero-order chi connectivity index (χ0) is 31.4. The third kappa shape index (κ3) is 4.49. The second-order valence-electron chi connectivity index (χ2n) is 11.8. The van der Waals surface area contributed by atoms with Crippen LogP contribution in [0.2, 0.25) is 0 Å². The standard InChI is InChI=1S/C40H30N6/c1-23-25(3)45-39-33-12-14-36-38(30-10-6-8-28(16-30)32-19-43-22-44-20-32)24(2)26(4)46-40(36)34(33)11-13-35(39)37(23)29-9-5-7-27(15-29)31-17-41-21-42-18-31/h5-22H,1-4H3. The minimum atomic E-state index is 0.985. The minimum Gasteiger partial charge on any atom is -0.252 e. The lowest BCUT2D eigenvalue weighted by Crippen LogP contribution is -1.98. The highest BCUT2D eigenvalue weighted by molar-refractivity contribution is 6.19. The monoisotopic (exact) mass is 594 g/mol. The summed E-state index contributed by atoms with van der Waals surface area (Å²) >= 11 is 0. The van der Waals surface area contributed by atoms with Crippen LogP contribution in [0.3, 0.4) is 0 Å². The van der Waals surface area contributed by atoms with Crippen LogP contribution < -0.4 is 0 Å². The lowest BCUT2D eigenvalue weighted by Gasteiger charge is -2.18. The molecule has 0 aliphatic rings. The van der Waals surface area contributed by atoms with E-state index in [0.29, 0.717) is 0 Å². The van der Waals surface area contributed by atoms with Gasteiger partial charge in [0, 0.05) is 68.8 Å². The summed E-state index contributed by atoms with van der Waals surface area (Å²) in [6, 6.07) is 26.1. The van der Waals surface area contributed by atoms with Gasteiger partial charge in [0.1, 0.15) is 12.7 Å². The normalized spacial score (nSPS) is 11.5. The van der Waals surface area contributed by atoms with Gasteiger partial charge in [-0.3, -0.25) is 9.97 Å². The van der Waals surface area contributed by atoms with Crippen LogP contribution in [-0.4, -0.2) is 29.9 Å². The van der Waals surface area contributed by atoms with E-state index in [-0.39, 0.29) is 0 Å². The molecule has 4 heterocycles. The van der Waals surface area contributed by atoms with Crippen molar-refractivity contribution in [2.75, 3.05) is 0 Å². The molecule has 0 unspecified atom stereocenters. The highest BCUT2D eigenvalue weighted by atomic mass is 14.8. The van der Waals surface area contributed by atoms with Crippen LogP contribution in [0.25, 0.3) is 77.1 Å². The van der Waals surface area contributed by atoms with E-state index in [1.165, 1.54) is 22.3 Å². The maximum absolute atomic E-state index is 5.18. The van der Waals surface area contributed by atoms with E-state index in [1.54, 1.807) is 12.7 Å². The van der Waals surface area contributed by atoms with Gasteiger partial charge in [-0.2, -0.15) is 0 Å². The highest BCUT2D eigenvalue weighted by Gasteiger charge is 2.18. The quantitative estimate of drug-likeness (QED) is 0.189. The molecule has 4 aromatic heterocycles. The number of pyridine rings is 2. The zero-order valence-electron chi connectivity index (χ0n) is 26.1. The van der Waals surface area contributed by atoms with Gasteiger partial charge in [0.15, 0.2) is 0 Å². The van der Waals surface area contributed by atoms with Crippen molar-refractivity contribution in [2.24, 2.45) is 0 Å². The number of rotatable bonds is 4. The summed E-state index contributed by atoms with van der Waals surface area (Å²) in [6.07, 6.45) is 10.5. The van der Waals surface area contributed by atoms with Gasteiger partial charge in [0.2, 0.25) is 0 Å². The minimum absolute atomic E-state index is 0.985. The van der Waals surface area contributed by atoms with Gasteiger partial charge in [-0.25, -0.2) is 19.9 Å². The number of benzene rings is 4. The second-order valence-corrected chi connectivity index (χ2v) is 11.8. The summed E-state index contributed by atoms with van der Waals surface area (Å²) in [4.78, 5) is 27.3. The SMILES string of the molecule is Cc1nc2c(ccc3c2ccc2c(-c4cccc(-c5cncnc5)c4)c(C)c(C)nc23)c(-c2cccc(-c3cncnc3)c2)c1C. The van der Waals surface area contributed by atoms with Crippen LogP contribution in [0.5, 0.6) is 0 Å². The average Bonchev–Trinajstić information content (AvgIpc) is 3.10. The van der Waals surface area contributed by atoms with Crippen molar-refractivity contribution in [3.63, 3.8) is 0 Å². The smallest absolute Gasteiger partial charge is 0.115 e. The van der Waals surface area contributed by atoms with Crippen molar-refractivity contribution in [3.05, 3.63) is 133 Å². The molecule has 8 rings (SSSR count). The van der Waals surface area contributed by atoms with Crippen LogP contribution in [0.15, 0.2) is 110 Å². The lowest BCUT2D eigenvalue weighted by atomic mass is 9.89. The summed E-state index contributed by atoms with van der Waals surface area (Å²) in [5, 5.41) is 4.44. The number of aryl methyl sites for hydroxylation is 2. The Hall–Kier alpha value is -5.88. The molecule has 0 spiro atoms. The molecule has 0 radical (unpaired) electrons. The molecule has 0 amide bonds. The summed E-state index contributed by atoms with van der Waals surface area (Å²) in [6.45, 7) is 8.52. The number of hydrogen-bond donors (Lipinski definition) is 0. The van der Waals surface area contributed by atoms with Gasteiger partial charge in [0.25, 0.3) is 0 Å². The van der Waals surface area contributed by atoms with Crippen molar-refractivity contribution >= 4 is 32.6 Å². The Balaban J connectivity index is 1.35. The molecule has 0 fully saturated rings. The fourth-order valence-corrected chi connectivity index (χ4v) is 6.64. The van der Waals surface area contributed by atoms with Gasteiger partial charge in [-0.15, -0.1) is 0 Å². The predicted molar refractivity (Wildman–Crippen MR) is 186 cm³/mol. The van der Waals surface area contributed by atoms with Gasteiger partial charge in [-0.05, 0) is 84.3 Å². The van der Waals surface area contributed by atoms with E-state index in [2.05, 4.69) is 120 Å². The number of fused-ring (bicyclic) bond motifs is 5. The maximum atomic E-state index is 5.18. The second kappa shape index (κ2) is 10.9. The summed E-state index contributed by atoms with van der Waals surface area (Å²) in [5.41, 5.74) is 15.2. The van der Waals surface area contributed by atoms with Crippen molar-refractivity contribution in [1.82, 2.24) is 29.9 Å². The molecule has 0 atom stereocenters. The Morgan fingerprint density at radius 1 is 0.391 bits per heavy atom. The largest absolute Gasteiger partial charge is 0.252 e. The van der Waals surface area contributed by atoms with Gasteiger partial charge in [-0.1, -0.05) is 60.7 Å². The van der Waals surface area contributed by atoms with E-state index in [9.17, 15) is 0 Å². The highest BCUT2D eigenvalue weighted by Crippen LogP contribution is 2.41. The van der Waals surface area contributed by atoms with Crippen LogP contribution in [0, 0.1) is 27.7 Å². The summed E-state index contributed by atoms with van der Waals surface area (Å²) in [5.74, 6) is 0. The molecule has 0 N–H and O–H groups in total. The molecule has 6 nitrogen and oxygen atoms in total. The first-order valence-electron chi connectivity index (χ1n) is 15.3. The van der Waals surface area contributed by atoms with Crippen molar-refractivity contribution in [3.8, 4) is 44.5 Å². The molecule has 0 aliphatic carbocycles. The first-order valence-corrected chi connectivity index (χ1v) is 15.3. The molecule has 4 aromatic carbocycles. The molecule has 8 aromatic rings. The lowest BCUT2D eigenvalue weighted by molar-refractivity contribution is 1.17. The molecule has 0 saturated carbocycles. The number of hydrogen-bond acceptors (Lipinski definition) is 6. The molecule has 0 saturated heterocycles. The fourth-order valence-electron chi connectivity index (χ4n) is 6.64. The Morgan fingerprint density at radius 2 is 0.761 bits per heavy atom. The third-order valence-corrected chi connectivity index (χ3v) is 9.17. The first kappa shape index (κ1) is 27.7. The van der Waals surface area contributed by atoms with Gasteiger partial charge >= 0.3 is 0 Å². The Morgan fingerprint density at radius 3 is 1.17 bits per heavy atom. The van der Waals surface area contributed by atoms with Crippen LogP contribution >= 0.6 is 0 Å². The van der Waals surface area contributed by atoms with E-state index < -0.39 is 0 Å². The van der Waals surface area contributed by atoms with E-state index >= 15 is 0 Å². The predicted octanol–water partition coefficient (Wildman–Crippen LogP) is 9.42. The molecular formula is C40H30N6. The van der Waals surface area contributed by atoms with Crippen LogP contribution in [0.1, 0.15) is 22.5 Å². The summed E-state index contributed by atoms with van der Waals surface area (Å²) in [7, 11) is 0. The molecule has 6 heteroatoms. The third-order valence-electron chi connectivity index (χ3n) is 9.17. The van der Waals surface area contributed by atoms with Gasteiger partial charge < -0.3 is 0 Å². The van der Waals surface area contributed by atoms with Gasteiger partial charge in [0.05, 0.1) is 11.0 Å². The van der Waals surface area contributed by atoms with E-state index in [1.807, 2.05) is 24.8 Å². The summed E-state index contributed by atoms with van der Waals surface area (Å²) < 4.78 is 0. The first-order chi connectivity index (χ1) is 22.5. The molecular weight excluding hydrogens is 564 g/mol. The topological polar surface area (TPSA) is 77.3 Å². The number of nitrogens with zero attached hydrogens (tertiary/aromatic N) is 6. The van der Waals surface area contributed by atoms with Crippen LogP contribution in [0.4, 0.5) is 0 Å².